The summed E-state index contributed by atoms with van der Waals surface area (Å²) in [5, 5.41) is 0.387. The average molecular weight is 748 g/mol. The minimum atomic E-state index is -4.45. The standard InChI is InChI=1S/C42H42F5N3O4/c1-5-48(40(53)54-41(2,3)4)23-24-49(26-28-13-15-29(16-14-28)30-17-20-32(21-18-30)42(45,46)47)38(52)27-50-33(22-19-31-9-8-11-35(43)39(31)44)25-37(51)34-10-6-7-12-36(34)50/h6-18,20-21,25H,5,19,22-24,26-27H2,1-4H3. The summed E-state index contributed by atoms with van der Waals surface area (Å²) in [5.41, 5.74) is 1.35. The SMILES string of the molecule is CCN(CCN(Cc1ccc(-c2ccc(C(F)(F)F)cc2)cc1)C(=O)Cn1c(CCc2cccc(F)c2F)cc(=O)c2ccccc21)C(=O)OC(C)(C)C. The van der Waals surface area contributed by atoms with Crippen LogP contribution in [0.3, 0.4) is 0 Å². The number of alkyl halides is 3. The minimum Gasteiger partial charge on any atom is -0.444 e. The number of aryl methyl sites for hydroxylation is 2. The third-order valence-corrected chi connectivity index (χ3v) is 8.98. The number of para-hydroxylation sites is 1. The molecule has 1 heterocycles. The molecule has 0 aliphatic heterocycles. The molecular weight excluding hydrogens is 705 g/mol. The summed E-state index contributed by atoms with van der Waals surface area (Å²) in [5.74, 6) is -2.28. The number of carbonyl (C=O) groups is 2. The number of nitrogens with zero attached hydrogens (tertiary/aromatic N) is 3. The van der Waals surface area contributed by atoms with Gasteiger partial charge in [0.25, 0.3) is 0 Å². The molecule has 0 fully saturated rings. The lowest BCUT2D eigenvalue weighted by molar-refractivity contribution is -0.137. The predicted molar refractivity (Wildman–Crippen MR) is 198 cm³/mol. The van der Waals surface area contributed by atoms with Gasteiger partial charge in [-0.1, -0.05) is 60.7 Å². The number of likely N-dealkylation sites (N-methyl/N-ethyl adjacent to an activating group) is 1. The van der Waals surface area contributed by atoms with Gasteiger partial charge in [0.15, 0.2) is 17.1 Å². The van der Waals surface area contributed by atoms with Crippen LogP contribution >= 0.6 is 0 Å². The summed E-state index contributed by atoms with van der Waals surface area (Å²) in [4.78, 5) is 43.6. The van der Waals surface area contributed by atoms with Crippen molar-refractivity contribution in [3.8, 4) is 11.1 Å². The molecule has 0 saturated carbocycles. The van der Waals surface area contributed by atoms with Crippen molar-refractivity contribution in [1.29, 1.82) is 0 Å². The van der Waals surface area contributed by atoms with Crippen LogP contribution in [-0.2, 0) is 41.6 Å². The molecule has 5 rings (SSSR count). The molecule has 2 amide bonds. The first kappa shape index (κ1) is 39.7. The van der Waals surface area contributed by atoms with Crippen molar-refractivity contribution in [2.24, 2.45) is 0 Å². The van der Waals surface area contributed by atoms with Crippen LogP contribution in [0.25, 0.3) is 22.0 Å². The van der Waals surface area contributed by atoms with Gasteiger partial charge in [0.05, 0.1) is 11.1 Å². The maximum absolute atomic E-state index is 14.6. The fourth-order valence-electron chi connectivity index (χ4n) is 6.13. The molecule has 54 heavy (non-hydrogen) atoms. The number of amides is 2. The highest BCUT2D eigenvalue weighted by molar-refractivity contribution is 5.83. The topological polar surface area (TPSA) is 71.8 Å². The molecule has 0 radical (unpaired) electrons. The second-order valence-corrected chi connectivity index (χ2v) is 14.0. The van der Waals surface area contributed by atoms with E-state index in [0.29, 0.717) is 34.3 Å². The zero-order chi connectivity index (χ0) is 39.2. The summed E-state index contributed by atoms with van der Waals surface area (Å²) < 4.78 is 75.2. The Balaban J connectivity index is 1.45. The number of carbonyl (C=O) groups excluding carboxylic acids is 2. The molecule has 284 valence electrons. The van der Waals surface area contributed by atoms with Gasteiger partial charge in [0.2, 0.25) is 5.91 Å². The van der Waals surface area contributed by atoms with Crippen molar-refractivity contribution < 1.29 is 36.3 Å². The Hall–Kier alpha value is -5.52. The summed E-state index contributed by atoms with van der Waals surface area (Å²) in [6.07, 6.45) is -4.76. The maximum atomic E-state index is 14.6. The lowest BCUT2D eigenvalue weighted by Gasteiger charge is -2.30. The number of rotatable bonds is 12. The van der Waals surface area contributed by atoms with Gasteiger partial charge >= 0.3 is 12.3 Å². The van der Waals surface area contributed by atoms with Crippen LogP contribution in [0.1, 0.15) is 50.1 Å². The van der Waals surface area contributed by atoms with Gasteiger partial charge in [-0.2, -0.15) is 13.2 Å². The Kier molecular flexibility index (Phi) is 12.2. The van der Waals surface area contributed by atoms with Crippen LogP contribution in [0.2, 0.25) is 0 Å². The summed E-state index contributed by atoms with van der Waals surface area (Å²) in [6.45, 7) is 7.60. The van der Waals surface area contributed by atoms with E-state index in [-0.39, 0.29) is 55.9 Å². The van der Waals surface area contributed by atoms with Crippen molar-refractivity contribution in [3.63, 3.8) is 0 Å². The Morgan fingerprint density at radius 2 is 1.41 bits per heavy atom. The molecule has 0 bridgehead atoms. The van der Waals surface area contributed by atoms with Crippen molar-refractivity contribution in [1.82, 2.24) is 14.4 Å². The van der Waals surface area contributed by atoms with Crippen LogP contribution in [0.15, 0.2) is 102 Å². The highest BCUT2D eigenvalue weighted by atomic mass is 19.4. The Labute approximate surface area is 310 Å². The first-order valence-corrected chi connectivity index (χ1v) is 17.6. The maximum Gasteiger partial charge on any atom is 0.416 e. The molecule has 4 aromatic carbocycles. The third kappa shape index (κ3) is 9.91. The van der Waals surface area contributed by atoms with Gasteiger partial charge in [-0.25, -0.2) is 13.6 Å². The molecule has 0 spiro atoms. The lowest BCUT2D eigenvalue weighted by Crippen LogP contribution is -2.43. The number of fused-ring (bicyclic) bond motifs is 1. The fourth-order valence-corrected chi connectivity index (χ4v) is 6.13. The largest absolute Gasteiger partial charge is 0.444 e. The molecule has 0 N–H and O–H groups in total. The molecule has 12 heteroatoms. The van der Waals surface area contributed by atoms with Gasteiger partial charge in [0.1, 0.15) is 12.1 Å². The van der Waals surface area contributed by atoms with Gasteiger partial charge in [-0.05, 0) is 93.1 Å². The van der Waals surface area contributed by atoms with Gasteiger partial charge in [0, 0.05) is 43.3 Å². The molecular formula is C42H42F5N3O4. The highest BCUT2D eigenvalue weighted by Gasteiger charge is 2.30. The smallest absolute Gasteiger partial charge is 0.416 e. The third-order valence-electron chi connectivity index (χ3n) is 8.98. The number of ether oxygens (including phenoxy) is 1. The molecule has 7 nitrogen and oxygen atoms in total. The Morgan fingerprint density at radius 1 is 0.778 bits per heavy atom. The summed E-state index contributed by atoms with van der Waals surface area (Å²) in [7, 11) is 0. The zero-order valence-electron chi connectivity index (χ0n) is 30.6. The van der Waals surface area contributed by atoms with Gasteiger partial charge in [-0.3, -0.25) is 9.59 Å². The van der Waals surface area contributed by atoms with E-state index in [0.717, 1.165) is 23.8 Å². The molecule has 0 saturated heterocycles. The lowest BCUT2D eigenvalue weighted by atomic mass is 10.0. The van der Waals surface area contributed by atoms with E-state index >= 15 is 0 Å². The number of hydrogen-bond donors (Lipinski definition) is 0. The van der Waals surface area contributed by atoms with Crippen molar-refractivity contribution in [3.05, 3.63) is 141 Å². The molecule has 1 aromatic heterocycles. The van der Waals surface area contributed by atoms with Crippen LogP contribution in [0.4, 0.5) is 26.7 Å². The van der Waals surface area contributed by atoms with E-state index < -0.39 is 35.1 Å². The quantitative estimate of drug-likeness (QED) is 0.120. The molecule has 0 unspecified atom stereocenters. The van der Waals surface area contributed by atoms with Crippen molar-refractivity contribution >= 4 is 22.9 Å². The minimum absolute atomic E-state index is 0.0753. The number of aromatic nitrogens is 1. The Bertz CT molecular complexity index is 2160. The van der Waals surface area contributed by atoms with Crippen LogP contribution in [0, 0.1) is 11.6 Å². The van der Waals surface area contributed by atoms with E-state index in [9.17, 15) is 36.3 Å². The molecule has 0 aliphatic rings. The average Bonchev–Trinajstić information content (AvgIpc) is 3.12. The monoisotopic (exact) mass is 747 g/mol. The zero-order valence-corrected chi connectivity index (χ0v) is 30.6. The first-order chi connectivity index (χ1) is 25.5. The first-order valence-electron chi connectivity index (χ1n) is 17.6. The van der Waals surface area contributed by atoms with Crippen LogP contribution in [0.5, 0.6) is 0 Å². The van der Waals surface area contributed by atoms with E-state index in [1.807, 2.05) is 0 Å². The van der Waals surface area contributed by atoms with E-state index in [2.05, 4.69) is 0 Å². The summed E-state index contributed by atoms with van der Waals surface area (Å²) >= 11 is 0. The number of pyridine rings is 1. The Morgan fingerprint density at radius 3 is 2.04 bits per heavy atom. The van der Waals surface area contributed by atoms with E-state index in [1.54, 1.807) is 85.7 Å². The number of hydrogen-bond acceptors (Lipinski definition) is 4. The number of benzene rings is 4. The molecule has 0 atom stereocenters. The fraction of sp³-hybridized carbons (Fsp3) is 0.310. The normalized spacial score (nSPS) is 11.8. The predicted octanol–water partition coefficient (Wildman–Crippen LogP) is 9.04. The van der Waals surface area contributed by atoms with Crippen molar-refractivity contribution in [2.45, 2.75) is 65.4 Å². The van der Waals surface area contributed by atoms with Gasteiger partial charge < -0.3 is 19.1 Å². The second-order valence-electron chi connectivity index (χ2n) is 14.0. The molecule has 5 aromatic rings. The highest BCUT2D eigenvalue weighted by Crippen LogP contribution is 2.31. The van der Waals surface area contributed by atoms with Crippen LogP contribution < -0.4 is 5.43 Å². The van der Waals surface area contributed by atoms with E-state index in [1.165, 1.54) is 35.2 Å². The van der Waals surface area contributed by atoms with Gasteiger partial charge in [-0.15, -0.1) is 0 Å². The molecule has 0 aliphatic carbocycles. The summed E-state index contributed by atoms with van der Waals surface area (Å²) in [6, 6.07) is 24.1. The van der Waals surface area contributed by atoms with E-state index in [4.69, 9.17) is 4.74 Å². The number of halogens is 5. The van der Waals surface area contributed by atoms with Crippen molar-refractivity contribution in [2.75, 3.05) is 19.6 Å². The second kappa shape index (κ2) is 16.7. The van der Waals surface area contributed by atoms with Crippen LogP contribution in [-0.4, -0.2) is 51.6 Å².